The lowest BCUT2D eigenvalue weighted by atomic mass is 10.1. The molecule has 20 heavy (non-hydrogen) atoms. The van der Waals surface area contributed by atoms with E-state index < -0.39 is 0 Å². The summed E-state index contributed by atoms with van der Waals surface area (Å²) in [6, 6.07) is 13.9. The molecular formula is C17H18FNO. The standard InChI is InChI=1S/C17H18FNO/c1-2-4-13-7-9-16(10-8-13)19-17(20)12-14-5-3-6-15(18)11-14/h3,5-11H,2,4,12H2,1H3,(H,19,20). The van der Waals surface area contributed by atoms with E-state index in [0.717, 1.165) is 18.5 Å². The van der Waals surface area contributed by atoms with Crippen LogP contribution >= 0.6 is 0 Å². The number of halogens is 1. The van der Waals surface area contributed by atoms with E-state index in [1.807, 2.05) is 24.3 Å². The van der Waals surface area contributed by atoms with Crippen LogP contribution < -0.4 is 5.32 Å². The van der Waals surface area contributed by atoms with E-state index in [0.29, 0.717) is 5.56 Å². The molecule has 0 saturated carbocycles. The average Bonchev–Trinajstić information content (AvgIpc) is 2.41. The first-order valence-electron chi connectivity index (χ1n) is 6.80. The lowest BCUT2D eigenvalue weighted by Gasteiger charge is -2.06. The third-order valence-electron chi connectivity index (χ3n) is 3.03. The first kappa shape index (κ1) is 14.3. The molecular weight excluding hydrogens is 253 g/mol. The molecule has 2 aromatic carbocycles. The Morgan fingerprint density at radius 2 is 1.85 bits per heavy atom. The van der Waals surface area contributed by atoms with Crippen molar-refractivity contribution in [3.05, 3.63) is 65.5 Å². The van der Waals surface area contributed by atoms with Gasteiger partial charge in [-0.1, -0.05) is 37.6 Å². The van der Waals surface area contributed by atoms with Crippen LogP contribution in [0.4, 0.5) is 10.1 Å². The summed E-state index contributed by atoms with van der Waals surface area (Å²) in [7, 11) is 0. The normalized spacial score (nSPS) is 10.3. The summed E-state index contributed by atoms with van der Waals surface area (Å²) in [6.07, 6.45) is 2.32. The predicted octanol–water partition coefficient (Wildman–Crippen LogP) is 3.96. The van der Waals surface area contributed by atoms with Crippen LogP contribution in [0.3, 0.4) is 0 Å². The van der Waals surface area contributed by atoms with Crippen molar-refractivity contribution in [2.24, 2.45) is 0 Å². The number of hydrogen-bond donors (Lipinski definition) is 1. The van der Waals surface area contributed by atoms with Gasteiger partial charge in [0.2, 0.25) is 5.91 Å². The summed E-state index contributed by atoms with van der Waals surface area (Å²) in [4.78, 5) is 11.9. The Hall–Kier alpha value is -2.16. The minimum absolute atomic E-state index is 0.140. The van der Waals surface area contributed by atoms with Crippen LogP contribution in [0, 0.1) is 5.82 Å². The largest absolute Gasteiger partial charge is 0.326 e. The molecule has 3 heteroatoms. The molecule has 0 aliphatic rings. The second kappa shape index (κ2) is 6.85. The molecule has 0 spiro atoms. The van der Waals surface area contributed by atoms with Crippen molar-refractivity contribution in [1.29, 1.82) is 0 Å². The van der Waals surface area contributed by atoms with Crippen molar-refractivity contribution in [3.63, 3.8) is 0 Å². The van der Waals surface area contributed by atoms with Crippen molar-refractivity contribution in [2.45, 2.75) is 26.2 Å². The van der Waals surface area contributed by atoms with Gasteiger partial charge in [0.25, 0.3) is 0 Å². The molecule has 0 saturated heterocycles. The highest BCUT2D eigenvalue weighted by atomic mass is 19.1. The van der Waals surface area contributed by atoms with Crippen LogP contribution in [-0.4, -0.2) is 5.91 Å². The molecule has 0 unspecified atom stereocenters. The fourth-order valence-corrected chi connectivity index (χ4v) is 2.08. The summed E-state index contributed by atoms with van der Waals surface area (Å²) >= 11 is 0. The maximum Gasteiger partial charge on any atom is 0.228 e. The van der Waals surface area contributed by atoms with Gasteiger partial charge in [0.1, 0.15) is 5.82 Å². The van der Waals surface area contributed by atoms with E-state index in [9.17, 15) is 9.18 Å². The molecule has 1 N–H and O–H groups in total. The number of aryl methyl sites for hydroxylation is 1. The van der Waals surface area contributed by atoms with Crippen molar-refractivity contribution >= 4 is 11.6 Å². The van der Waals surface area contributed by atoms with E-state index in [1.54, 1.807) is 12.1 Å². The van der Waals surface area contributed by atoms with E-state index in [2.05, 4.69) is 12.2 Å². The number of carbonyl (C=O) groups is 1. The van der Waals surface area contributed by atoms with E-state index in [1.165, 1.54) is 17.7 Å². The number of rotatable bonds is 5. The highest BCUT2D eigenvalue weighted by Gasteiger charge is 2.05. The lowest BCUT2D eigenvalue weighted by Crippen LogP contribution is -2.14. The molecule has 2 nitrogen and oxygen atoms in total. The van der Waals surface area contributed by atoms with Gasteiger partial charge in [-0.25, -0.2) is 4.39 Å². The summed E-state index contributed by atoms with van der Waals surface area (Å²) in [5.74, 6) is -0.460. The van der Waals surface area contributed by atoms with Gasteiger partial charge >= 0.3 is 0 Å². The number of carbonyl (C=O) groups excluding carboxylic acids is 1. The van der Waals surface area contributed by atoms with Crippen LogP contribution in [0.15, 0.2) is 48.5 Å². The second-order valence-corrected chi connectivity index (χ2v) is 4.80. The van der Waals surface area contributed by atoms with Crippen LogP contribution in [0.25, 0.3) is 0 Å². The van der Waals surface area contributed by atoms with Gasteiger partial charge < -0.3 is 5.32 Å². The third kappa shape index (κ3) is 4.19. The topological polar surface area (TPSA) is 29.1 Å². The van der Waals surface area contributed by atoms with Gasteiger partial charge in [-0.2, -0.15) is 0 Å². The molecule has 0 fully saturated rings. The molecule has 0 radical (unpaired) electrons. The minimum Gasteiger partial charge on any atom is -0.326 e. The van der Waals surface area contributed by atoms with Crippen molar-refractivity contribution in [2.75, 3.05) is 5.32 Å². The molecule has 0 bridgehead atoms. The summed E-state index contributed by atoms with van der Waals surface area (Å²) in [6.45, 7) is 2.13. The monoisotopic (exact) mass is 271 g/mol. The number of benzene rings is 2. The predicted molar refractivity (Wildman–Crippen MR) is 79.2 cm³/mol. The number of anilines is 1. The molecule has 0 heterocycles. The van der Waals surface area contributed by atoms with Crippen molar-refractivity contribution < 1.29 is 9.18 Å². The van der Waals surface area contributed by atoms with Crippen molar-refractivity contribution in [3.8, 4) is 0 Å². The average molecular weight is 271 g/mol. The molecule has 1 amide bonds. The van der Waals surface area contributed by atoms with Crippen LogP contribution in [0.2, 0.25) is 0 Å². The van der Waals surface area contributed by atoms with E-state index >= 15 is 0 Å². The molecule has 0 atom stereocenters. The Labute approximate surface area is 118 Å². The van der Waals surface area contributed by atoms with Crippen LogP contribution in [0.5, 0.6) is 0 Å². The van der Waals surface area contributed by atoms with Gasteiger partial charge in [0, 0.05) is 5.69 Å². The smallest absolute Gasteiger partial charge is 0.228 e. The number of hydrogen-bond acceptors (Lipinski definition) is 1. The minimum atomic E-state index is -0.320. The Balaban J connectivity index is 1.94. The zero-order chi connectivity index (χ0) is 14.4. The summed E-state index contributed by atoms with van der Waals surface area (Å²) in [5, 5.41) is 2.82. The number of nitrogens with one attached hydrogen (secondary N) is 1. The molecule has 2 aromatic rings. The Morgan fingerprint density at radius 3 is 2.50 bits per heavy atom. The van der Waals surface area contributed by atoms with Crippen LogP contribution in [-0.2, 0) is 17.6 Å². The zero-order valence-electron chi connectivity index (χ0n) is 11.5. The summed E-state index contributed by atoms with van der Waals surface area (Å²) in [5.41, 5.74) is 2.70. The SMILES string of the molecule is CCCc1ccc(NC(=O)Cc2cccc(F)c2)cc1. The van der Waals surface area contributed by atoms with Gasteiger partial charge in [0.15, 0.2) is 0 Å². The molecule has 0 aliphatic heterocycles. The zero-order valence-corrected chi connectivity index (χ0v) is 11.5. The first-order valence-corrected chi connectivity index (χ1v) is 6.80. The first-order chi connectivity index (χ1) is 9.67. The molecule has 2 rings (SSSR count). The van der Waals surface area contributed by atoms with Crippen LogP contribution in [0.1, 0.15) is 24.5 Å². The van der Waals surface area contributed by atoms with Gasteiger partial charge in [-0.3, -0.25) is 4.79 Å². The molecule has 0 aromatic heterocycles. The van der Waals surface area contributed by atoms with E-state index in [-0.39, 0.29) is 18.1 Å². The third-order valence-corrected chi connectivity index (χ3v) is 3.03. The highest BCUT2D eigenvalue weighted by Crippen LogP contribution is 2.12. The maximum atomic E-state index is 13.0. The highest BCUT2D eigenvalue weighted by molar-refractivity contribution is 5.92. The quantitative estimate of drug-likeness (QED) is 0.876. The fraction of sp³-hybridized carbons (Fsp3) is 0.235. The van der Waals surface area contributed by atoms with Gasteiger partial charge in [-0.15, -0.1) is 0 Å². The molecule has 0 aliphatic carbocycles. The Bertz CT molecular complexity index is 578. The fourth-order valence-electron chi connectivity index (χ4n) is 2.08. The van der Waals surface area contributed by atoms with Gasteiger partial charge in [-0.05, 0) is 41.8 Å². The van der Waals surface area contributed by atoms with E-state index in [4.69, 9.17) is 0 Å². The summed E-state index contributed by atoms with van der Waals surface area (Å²) < 4.78 is 13.0. The second-order valence-electron chi connectivity index (χ2n) is 4.80. The Kier molecular flexibility index (Phi) is 4.88. The number of amides is 1. The maximum absolute atomic E-state index is 13.0. The lowest BCUT2D eigenvalue weighted by molar-refractivity contribution is -0.115. The Morgan fingerprint density at radius 1 is 1.10 bits per heavy atom. The van der Waals surface area contributed by atoms with Crippen molar-refractivity contribution in [1.82, 2.24) is 0 Å². The van der Waals surface area contributed by atoms with Gasteiger partial charge in [0.05, 0.1) is 6.42 Å². The molecule has 104 valence electrons.